The van der Waals surface area contributed by atoms with Crippen LogP contribution in [0.5, 0.6) is 0 Å². The summed E-state index contributed by atoms with van der Waals surface area (Å²) in [6.45, 7) is 7.67. The van der Waals surface area contributed by atoms with E-state index in [-0.39, 0.29) is 28.7 Å². The number of carbonyl (C=O) groups excluding carboxylic acids is 1. The Balaban J connectivity index is 0.00000338. The highest BCUT2D eigenvalue weighted by Gasteiger charge is 2.22. The van der Waals surface area contributed by atoms with E-state index in [1.807, 2.05) is 19.1 Å². The van der Waals surface area contributed by atoms with Gasteiger partial charge in [-0.1, -0.05) is 0 Å². The number of rotatable bonds is 8. The fourth-order valence-electron chi connectivity index (χ4n) is 3.06. The molecule has 2 rings (SSSR count). The van der Waals surface area contributed by atoms with Gasteiger partial charge in [-0.15, -0.1) is 0 Å². The van der Waals surface area contributed by atoms with E-state index in [0.717, 1.165) is 23.4 Å². The van der Waals surface area contributed by atoms with Gasteiger partial charge in [0.15, 0.2) is 11.0 Å². The molecule has 0 aliphatic carbocycles. The van der Waals surface area contributed by atoms with Crippen molar-refractivity contribution in [2.24, 2.45) is 5.14 Å². The number of fused-ring (bicyclic) bond motifs is 1. The Morgan fingerprint density at radius 2 is 1.96 bits per heavy atom. The average molecular weight is 448 g/mol. The van der Waals surface area contributed by atoms with Gasteiger partial charge in [0, 0.05) is 13.0 Å². The maximum absolute atomic E-state index is 12.0. The van der Waals surface area contributed by atoms with Gasteiger partial charge in [-0.2, -0.15) is 0 Å². The minimum atomic E-state index is -3.43. The van der Waals surface area contributed by atoms with Gasteiger partial charge in [-0.3, -0.25) is 0 Å². The van der Waals surface area contributed by atoms with Gasteiger partial charge < -0.3 is 21.7 Å². The smallest absolute Gasteiger partial charge is 0.338 e. The lowest BCUT2D eigenvalue weighted by Gasteiger charge is -2.03. The molecule has 0 radical (unpaired) electrons. The Hall–Kier alpha value is -1.45. The van der Waals surface area contributed by atoms with Crippen LogP contribution in [-0.2, 0) is 27.8 Å². The number of primary sulfonamides is 1. The minimum Gasteiger partial charge on any atom is -1.00 e. The van der Waals surface area contributed by atoms with Gasteiger partial charge in [0.1, 0.15) is 0 Å². The van der Waals surface area contributed by atoms with Crippen LogP contribution in [0.1, 0.15) is 42.9 Å². The number of aryl methyl sites for hydroxylation is 2. The van der Waals surface area contributed by atoms with Crippen LogP contribution in [0.3, 0.4) is 0 Å². The van der Waals surface area contributed by atoms with Gasteiger partial charge in [0.05, 0.1) is 31.0 Å². The zero-order chi connectivity index (χ0) is 18.6. The van der Waals surface area contributed by atoms with Crippen molar-refractivity contribution in [1.29, 1.82) is 0 Å². The summed E-state index contributed by atoms with van der Waals surface area (Å²) in [6, 6.07) is 5.54. The second kappa shape index (κ2) is 9.48. The molecule has 9 heteroatoms. The maximum Gasteiger partial charge on any atom is 0.338 e. The van der Waals surface area contributed by atoms with Crippen LogP contribution in [0.4, 0.5) is 0 Å². The molecular weight excluding hydrogens is 422 g/mol. The van der Waals surface area contributed by atoms with E-state index in [0.29, 0.717) is 31.6 Å². The monoisotopic (exact) mass is 447 g/mol. The van der Waals surface area contributed by atoms with Crippen molar-refractivity contribution in [3.05, 3.63) is 29.6 Å². The molecule has 0 fully saturated rings. The summed E-state index contributed by atoms with van der Waals surface area (Å²) < 4.78 is 31.5. The standard InChI is InChI=1S/C17H26N3O4S.BrH/c1-4-19-13(3)20(10-6-7-11-25(18,22)23)16-12-14(8-9-15(16)19)17(21)24-5-2;/h8-9,12H,4-7,10-11H2,1-3H3,(H2,18,22,23);1H/q+1;/p-1. The van der Waals surface area contributed by atoms with Gasteiger partial charge in [0.2, 0.25) is 10.0 Å². The lowest BCUT2D eigenvalue weighted by Crippen LogP contribution is -3.00. The van der Waals surface area contributed by atoms with Gasteiger partial charge in [-0.05, 0) is 38.8 Å². The summed E-state index contributed by atoms with van der Waals surface area (Å²) in [7, 11) is -3.43. The summed E-state index contributed by atoms with van der Waals surface area (Å²) in [4.78, 5) is 12.0. The third-order valence-corrected chi connectivity index (χ3v) is 5.08. The molecule has 0 bridgehead atoms. The summed E-state index contributed by atoms with van der Waals surface area (Å²) in [5.74, 6) is 0.703. The van der Waals surface area contributed by atoms with Crippen molar-refractivity contribution in [1.82, 2.24) is 4.57 Å². The number of nitrogens with zero attached hydrogens (tertiary/aromatic N) is 2. The highest BCUT2D eigenvalue weighted by Crippen LogP contribution is 2.18. The molecule has 0 saturated heterocycles. The summed E-state index contributed by atoms with van der Waals surface area (Å²) in [5, 5.41) is 5.05. The first-order valence-corrected chi connectivity index (χ1v) is 10.2. The van der Waals surface area contributed by atoms with Crippen LogP contribution in [0, 0.1) is 6.92 Å². The molecule has 2 aromatic rings. The van der Waals surface area contributed by atoms with E-state index in [1.54, 1.807) is 13.0 Å². The van der Waals surface area contributed by atoms with Crippen molar-refractivity contribution in [3.8, 4) is 0 Å². The Morgan fingerprint density at radius 3 is 2.54 bits per heavy atom. The zero-order valence-corrected chi connectivity index (χ0v) is 17.8. The topological polar surface area (TPSA) is 95.3 Å². The summed E-state index contributed by atoms with van der Waals surface area (Å²) in [5.41, 5.74) is 2.50. The SMILES string of the molecule is CCOC(=O)c1ccc2c(c1)n(CCCCS(N)(=O)=O)c(C)[n+]2CC.[Br-]. The Bertz CT molecular complexity index is 878. The second-order valence-electron chi connectivity index (χ2n) is 5.94. The van der Waals surface area contributed by atoms with E-state index < -0.39 is 10.0 Å². The molecule has 7 nitrogen and oxygen atoms in total. The number of aromatic nitrogens is 2. The molecule has 0 atom stereocenters. The van der Waals surface area contributed by atoms with E-state index >= 15 is 0 Å². The molecule has 1 aromatic carbocycles. The molecule has 146 valence electrons. The number of hydrogen-bond donors (Lipinski definition) is 1. The van der Waals surface area contributed by atoms with Crippen LogP contribution in [0.15, 0.2) is 18.2 Å². The highest BCUT2D eigenvalue weighted by molar-refractivity contribution is 7.89. The number of carbonyl (C=O) groups is 1. The number of esters is 1. The summed E-state index contributed by atoms with van der Waals surface area (Å²) in [6.07, 6.45) is 1.19. The number of sulfonamides is 1. The lowest BCUT2D eigenvalue weighted by atomic mass is 10.2. The highest BCUT2D eigenvalue weighted by atomic mass is 79.9. The fraction of sp³-hybridized carbons (Fsp3) is 0.529. The van der Waals surface area contributed by atoms with E-state index in [4.69, 9.17) is 9.88 Å². The number of halogens is 1. The second-order valence-corrected chi connectivity index (χ2v) is 7.68. The first-order chi connectivity index (χ1) is 11.8. The minimum absolute atomic E-state index is 0. The van der Waals surface area contributed by atoms with Crippen LogP contribution in [0.2, 0.25) is 0 Å². The van der Waals surface area contributed by atoms with Crippen molar-refractivity contribution in [3.63, 3.8) is 0 Å². The first-order valence-electron chi connectivity index (χ1n) is 8.48. The predicted molar refractivity (Wildman–Crippen MR) is 95.7 cm³/mol. The summed E-state index contributed by atoms with van der Waals surface area (Å²) >= 11 is 0. The molecule has 0 amide bonds. The molecule has 1 aromatic heterocycles. The quantitative estimate of drug-likeness (QED) is 0.302. The third-order valence-electron chi connectivity index (χ3n) is 4.23. The average Bonchev–Trinajstić information content (AvgIpc) is 2.81. The lowest BCUT2D eigenvalue weighted by molar-refractivity contribution is -0.675. The number of benzene rings is 1. The molecule has 2 N–H and O–H groups in total. The number of imidazole rings is 1. The number of nitrogens with two attached hydrogens (primary N) is 1. The van der Waals surface area contributed by atoms with Gasteiger partial charge >= 0.3 is 5.97 Å². The van der Waals surface area contributed by atoms with E-state index in [2.05, 4.69) is 16.1 Å². The van der Waals surface area contributed by atoms with Crippen LogP contribution in [-0.4, -0.2) is 31.3 Å². The van der Waals surface area contributed by atoms with Crippen LogP contribution >= 0.6 is 0 Å². The molecule has 0 aliphatic heterocycles. The predicted octanol–water partition coefficient (Wildman–Crippen LogP) is -1.49. The Morgan fingerprint density at radius 1 is 1.27 bits per heavy atom. The van der Waals surface area contributed by atoms with E-state index in [1.165, 1.54) is 0 Å². The number of unbranched alkanes of at least 4 members (excludes halogenated alkanes) is 1. The van der Waals surface area contributed by atoms with Gasteiger partial charge in [0.25, 0.3) is 5.82 Å². The van der Waals surface area contributed by atoms with Crippen molar-refractivity contribution >= 4 is 27.0 Å². The normalized spacial score (nSPS) is 11.4. The molecule has 0 unspecified atom stereocenters. The molecule has 1 heterocycles. The zero-order valence-electron chi connectivity index (χ0n) is 15.4. The largest absolute Gasteiger partial charge is 1.00 e. The molecular formula is C17H26BrN3O4S. The fourth-order valence-corrected chi connectivity index (χ4v) is 3.66. The Kier molecular flexibility index (Phi) is 8.23. The van der Waals surface area contributed by atoms with Crippen LogP contribution in [0.25, 0.3) is 11.0 Å². The maximum atomic E-state index is 12.0. The molecule has 0 spiro atoms. The third kappa shape index (κ3) is 5.28. The van der Waals surface area contributed by atoms with E-state index in [9.17, 15) is 13.2 Å². The molecule has 0 saturated carbocycles. The van der Waals surface area contributed by atoms with Crippen molar-refractivity contribution in [2.75, 3.05) is 12.4 Å². The number of ether oxygens (including phenoxy) is 1. The molecule has 26 heavy (non-hydrogen) atoms. The van der Waals surface area contributed by atoms with Crippen LogP contribution < -0.4 is 26.7 Å². The van der Waals surface area contributed by atoms with Crippen molar-refractivity contribution in [2.45, 2.75) is 46.7 Å². The molecule has 0 aliphatic rings. The Labute approximate surface area is 164 Å². The first kappa shape index (κ1) is 22.6. The van der Waals surface area contributed by atoms with Gasteiger partial charge in [-0.25, -0.2) is 27.5 Å². The van der Waals surface area contributed by atoms with Crippen molar-refractivity contribution < 1.29 is 39.5 Å². The number of hydrogen-bond acceptors (Lipinski definition) is 4.